The van der Waals surface area contributed by atoms with Crippen molar-refractivity contribution in [2.24, 2.45) is 17.6 Å². The van der Waals surface area contributed by atoms with Gasteiger partial charge in [-0.3, -0.25) is 4.90 Å². The minimum absolute atomic E-state index is 0.249. The number of nitrogens with zero attached hydrogens (tertiary/aromatic N) is 2. The summed E-state index contributed by atoms with van der Waals surface area (Å²) in [4.78, 5) is 4.85. The third kappa shape index (κ3) is 4.17. The first-order valence-corrected chi connectivity index (χ1v) is 8.00. The molecule has 3 heteroatoms. The molecule has 1 fully saturated rings. The van der Waals surface area contributed by atoms with Crippen LogP contribution in [0.1, 0.15) is 46.0 Å². The van der Waals surface area contributed by atoms with E-state index in [2.05, 4.69) is 44.8 Å². The molecule has 1 saturated carbocycles. The van der Waals surface area contributed by atoms with Gasteiger partial charge in [0.25, 0.3) is 0 Å². The first-order valence-electron chi connectivity index (χ1n) is 8.00. The Morgan fingerprint density at radius 1 is 1.16 bits per heavy atom. The van der Waals surface area contributed by atoms with Crippen molar-refractivity contribution < 1.29 is 0 Å². The summed E-state index contributed by atoms with van der Waals surface area (Å²) >= 11 is 0. The molecule has 2 N–H and O–H groups in total. The molecule has 0 aromatic rings. The molecule has 0 aromatic heterocycles. The molecule has 0 aromatic carbocycles. The van der Waals surface area contributed by atoms with Crippen LogP contribution in [0.2, 0.25) is 0 Å². The number of rotatable bonds is 7. The van der Waals surface area contributed by atoms with Crippen LogP contribution in [0.4, 0.5) is 0 Å². The number of nitrogens with two attached hydrogens (primary N) is 1. The average Bonchev–Trinajstić information content (AvgIpc) is 2.37. The van der Waals surface area contributed by atoms with E-state index in [0.29, 0.717) is 0 Å². The SMILES string of the molecule is CC(C)C1CCCCC1(CN)N(C)CCCN(C)C. The summed E-state index contributed by atoms with van der Waals surface area (Å²) in [5.41, 5.74) is 6.50. The monoisotopic (exact) mass is 269 g/mol. The molecule has 114 valence electrons. The Bertz CT molecular complexity index is 252. The lowest BCUT2D eigenvalue weighted by Gasteiger charge is -2.51. The van der Waals surface area contributed by atoms with Gasteiger partial charge in [0.05, 0.1) is 0 Å². The Hall–Kier alpha value is -0.120. The number of likely N-dealkylation sites (N-methyl/N-ethyl adjacent to an activating group) is 1. The van der Waals surface area contributed by atoms with Crippen LogP contribution in [-0.2, 0) is 0 Å². The van der Waals surface area contributed by atoms with Gasteiger partial charge in [0.15, 0.2) is 0 Å². The highest BCUT2D eigenvalue weighted by Gasteiger charge is 2.43. The quantitative estimate of drug-likeness (QED) is 0.770. The van der Waals surface area contributed by atoms with Crippen LogP contribution in [0.25, 0.3) is 0 Å². The first kappa shape index (κ1) is 16.9. The fourth-order valence-electron chi connectivity index (χ4n) is 3.93. The second-order valence-electron chi connectivity index (χ2n) is 6.98. The normalized spacial score (nSPS) is 28.6. The Morgan fingerprint density at radius 2 is 1.84 bits per heavy atom. The van der Waals surface area contributed by atoms with E-state index < -0.39 is 0 Å². The van der Waals surface area contributed by atoms with E-state index in [-0.39, 0.29) is 5.54 Å². The van der Waals surface area contributed by atoms with E-state index in [1.165, 1.54) is 38.6 Å². The van der Waals surface area contributed by atoms with Crippen molar-refractivity contribution in [2.45, 2.75) is 51.5 Å². The van der Waals surface area contributed by atoms with Gasteiger partial charge in [0.1, 0.15) is 0 Å². The van der Waals surface area contributed by atoms with Crippen molar-refractivity contribution >= 4 is 0 Å². The lowest BCUT2D eigenvalue weighted by Crippen LogP contribution is -2.60. The van der Waals surface area contributed by atoms with Crippen LogP contribution in [0.5, 0.6) is 0 Å². The van der Waals surface area contributed by atoms with Crippen LogP contribution >= 0.6 is 0 Å². The van der Waals surface area contributed by atoms with Gasteiger partial charge in [0, 0.05) is 12.1 Å². The lowest BCUT2D eigenvalue weighted by molar-refractivity contribution is 0.00197. The molecular formula is C16H35N3. The van der Waals surface area contributed by atoms with Crippen LogP contribution in [-0.4, -0.2) is 56.1 Å². The molecule has 2 unspecified atom stereocenters. The highest BCUT2D eigenvalue weighted by Crippen LogP contribution is 2.41. The standard InChI is InChI=1S/C16H35N3/c1-14(2)15-9-6-7-10-16(15,13-17)19(5)12-8-11-18(3)4/h14-15H,6-13,17H2,1-5H3. The summed E-state index contributed by atoms with van der Waals surface area (Å²) in [6.07, 6.45) is 6.60. The van der Waals surface area contributed by atoms with Crippen LogP contribution in [0, 0.1) is 11.8 Å². The van der Waals surface area contributed by atoms with Gasteiger partial charge in [-0.2, -0.15) is 0 Å². The summed E-state index contributed by atoms with van der Waals surface area (Å²) in [6, 6.07) is 0. The maximum absolute atomic E-state index is 6.25. The van der Waals surface area contributed by atoms with E-state index in [1.807, 2.05) is 0 Å². The smallest absolute Gasteiger partial charge is 0.0359 e. The zero-order valence-electron chi connectivity index (χ0n) is 13.8. The van der Waals surface area contributed by atoms with E-state index in [4.69, 9.17) is 5.73 Å². The molecule has 1 rings (SSSR count). The van der Waals surface area contributed by atoms with E-state index >= 15 is 0 Å². The van der Waals surface area contributed by atoms with Gasteiger partial charge in [-0.25, -0.2) is 0 Å². The summed E-state index contributed by atoms with van der Waals surface area (Å²) < 4.78 is 0. The molecule has 0 radical (unpaired) electrons. The molecule has 0 heterocycles. The predicted octanol–water partition coefficient (Wildman–Crippen LogP) is 2.41. The van der Waals surface area contributed by atoms with Crippen molar-refractivity contribution in [1.82, 2.24) is 9.80 Å². The third-order valence-electron chi connectivity index (χ3n) is 5.08. The Kier molecular flexibility index (Phi) is 6.78. The summed E-state index contributed by atoms with van der Waals surface area (Å²) in [7, 11) is 6.59. The first-order chi connectivity index (χ1) is 8.94. The highest BCUT2D eigenvalue weighted by molar-refractivity contribution is 5.00. The minimum Gasteiger partial charge on any atom is -0.329 e. The fraction of sp³-hybridized carbons (Fsp3) is 1.00. The van der Waals surface area contributed by atoms with Crippen molar-refractivity contribution in [3.63, 3.8) is 0 Å². The molecule has 0 spiro atoms. The van der Waals surface area contributed by atoms with Gasteiger partial charge in [-0.05, 0) is 65.3 Å². The molecule has 3 nitrogen and oxygen atoms in total. The molecule has 1 aliphatic rings. The van der Waals surface area contributed by atoms with Crippen molar-refractivity contribution in [1.29, 1.82) is 0 Å². The van der Waals surface area contributed by atoms with Gasteiger partial charge in [-0.15, -0.1) is 0 Å². The Labute approximate surface area is 120 Å². The van der Waals surface area contributed by atoms with Crippen LogP contribution in [0.15, 0.2) is 0 Å². The molecule has 0 aliphatic heterocycles. The van der Waals surface area contributed by atoms with Crippen LogP contribution in [0.3, 0.4) is 0 Å². The van der Waals surface area contributed by atoms with E-state index in [9.17, 15) is 0 Å². The zero-order valence-corrected chi connectivity index (χ0v) is 13.8. The average molecular weight is 269 g/mol. The molecule has 19 heavy (non-hydrogen) atoms. The molecule has 0 amide bonds. The number of hydrogen-bond acceptors (Lipinski definition) is 3. The molecule has 2 atom stereocenters. The van der Waals surface area contributed by atoms with Gasteiger partial charge in [-0.1, -0.05) is 26.7 Å². The molecule has 0 bridgehead atoms. The predicted molar refractivity (Wildman–Crippen MR) is 84.4 cm³/mol. The Morgan fingerprint density at radius 3 is 2.37 bits per heavy atom. The molecule has 1 aliphatic carbocycles. The zero-order chi connectivity index (χ0) is 14.5. The Balaban J connectivity index is 2.69. The topological polar surface area (TPSA) is 32.5 Å². The third-order valence-corrected chi connectivity index (χ3v) is 5.08. The maximum atomic E-state index is 6.25. The summed E-state index contributed by atoms with van der Waals surface area (Å²) in [5.74, 6) is 1.50. The summed E-state index contributed by atoms with van der Waals surface area (Å²) in [6.45, 7) is 7.88. The number of hydrogen-bond donors (Lipinski definition) is 1. The van der Waals surface area contributed by atoms with E-state index in [0.717, 1.165) is 24.9 Å². The lowest BCUT2D eigenvalue weighted by atomic mass is 9.67. The van der Waals surface area contributed by atoms with Crippen molar-refractivity contribution in [3.8, 4) is 0 Å². The molecule has 0 saturated heterocycles. The largest absolute Gasteiger partial charge is 0.329 e. The molecular weight excluding hydrogens is 234 g/mol. The van der Waals surface area contributed by atoms with Crippen LogP contribution < -0.4 is 5.73 Å². The van der Waals surface area contributed by atoms with E-state index in [1.54, 1.807) is 0 Å². The second-order valence-corrected chi connectivity index (χ2v) is 6.98. The van der Waals surface area contributed by atoms with Gasteiger partial charge in [0.2, 0.25) is 0 Å². The minimum atomic E-state index is 0.249. The maximum Gasteiger partial charge on any atom is 0.0359 e. The van der Waals surface area contributed by atoms with Gasteiger partial charge >= 0.3 is 0 Å². The van der Waals surface area contributed by atoms with Crippen molar-refractivity contribution in [2.75, 3.05) is 40.8 Å². The highest BCUT2D eigenvalue weighted by atomic mass is 15.2. The summed E-state index contributed by atoms with van der Waals surface area (Å²) in [5, 5.41) is 0. The van der Waals surface area contributed by atoms with Gasteiger partial charge < -0.3 is 10.6 Å². The fourth-order valence-corrected chi connectivity index (χ4v) is 3.93. The van der Waals surface area contributed by atoms with Crippen molar-refractivity contribution in [3.05, 3.63) is 0 Å². The second kappa shape index (κ2) is 7.61.